The molecule has 21 heavy (non-hydrogen) atoms. The first kappa shape index (κ1) is 15.5. The van der Waals surface area contributed by atoms with Crippen molar-refractivity contribution in [2.24, 2.45) is 0 Å². The summed E-state index contributed by atoms with van der Waals surface area (Å²) in [6, 6.07) is 4.41. The highest BCUT2D eigenvalue weighted by molar-refractivity contribution is 7.94. The van der Waals surface area contributed by atoms with E-state index < -0.39 is 22.5 Å². The third-order valence-corrected chi connectivity index (χ3v) is 5.08. The van der Waals surface area contributed by atoms with Crippen molar-refractivity contribution in [3.8, 4) is 0 Å². The monoisotopic (exact) mass is 316 g/mol. The Hall–Kier alpha value is -1.84. The van der Waals surface area contributed by atoms with Gasteiger partial charge in [0.15, 0.2) is 6.29 Å². The average molecular weight is 316 g/mol. The topological polar surface area (TPSA) is 96.4 Å². The first-order chi connectivity index (χ1) is 9.84. The molecule has 0 bridgehead atoms. The van der Waals surface area contributed by atoms with Crippen molar-refractivity contribution >= 4 is 27.6 Å². The number of carbonyl (C=O) groups is 1. The lowest BCUT2D eigenvalue weighted by molar-refractivity contribution is -0.0932. The van der Waals surface area contributed by atoms with Gasteiger partial charge in [-0.1, -0.05) is 6.07 Å². The predicted molar refractivity (Wildman–Crippen MR) is 75.9 cm³/mol. The van der Waals surface area contributed by atoms with E-state index in [1.54, 1.807) is 6.07 Å². The first-order valence-corrected chi connectivity index (χ1v) is 7.42. The number of benzene rings is 1. The minimum atomic E-state index is -3.85. The standard InChI is InChI=1S/C12H16N2O6S/c1-13-9-6-4-5-8(12(15)16)11(9)14(21(13,17)18)7-10(19-2)20-3/h4-6,10H,7H2,1-3H3,(H,15,16). The lowest BCUT2D eigenvalue weighted by Crippen LogP contribution is -2.41. The molecule has 0 saturated carbocycles. The van der Waals surface area contributed by atoms with Crippen molar-refractivity contribution in [1.29, 1.82) is 0 Å². The maximum atomic E-state index is 12.4. The van der Waals surface area contributed by atoms with Gasteiger partial charge in [0.1, 0.15) is 0 Å². The molecule has 1 N–H and O–H groups in total. The Morgan fingerprint density at radius 1 is 1.33 bits per heavy atom. The van der Waals surface area contributed by atoms with Crippen molar-refractivity contribution in [2.75, 3.05) is 36.4 Å². The van der Waals surface area contributed by atoms with Crippen molar-refractivity contribution in [3.63, 3.8) is 0 Å². The molecule has 0 aliphatic carbocycles. The minimum Gasteiger partial charge on any atom is -0.478 e. The summed E-state index contributed by atoms with van der Waals surface area (Å²) in [6.07, 6.45) is -0.805. The molecule has 0 aromatic heterocycles. The smallest absolute Gasteiger partial charge is 0.337 e. The Balaban J connectivity index is 2.59. The summed E-state index contributed by atoms with van der Waals surface area (Å²) in [4.78, 5) is 11.3. The Kier molecular flexibility index (Phi) is 4.08. The molecular weight excluding hydrogens is 300 g/mol. The maximum absolute atomic E-state index is 12.4. The highest BCUT2D eigenvalue weighted by atomic mass is 32.2. The summed E-state index contributed by atoms with van der Waals surface area (Å²) in [5.74, 6) is -1.20. The van der Waals surface area contributed by atoms with E-state index in [1.165, 1.54) is 33.4 Å². The van der Waals surface area contributed by atoms with Crippen LogP contribution >= 0.6 is 0 Å². The van der Waals surface area contributed by atoms with E-state index in [9.17, 15) is 18.3 Å². The quantitative estimate of drug-likeness (QED) is 0.795. The van der Waals surface area contributed by atoms with E-state index in [-0.39, 0.29) is 17.8 Å². The molecule has 1 aliphatic heterocycles. The lowest BCUT2D eigenvalue weighted by Gasteiger charge is -2.23. The van der Waals surface area contributed by atoms with Crippen molar-refractivity contribution in [1.82, 2.24) is 0 Å². The van der Waals surface area contributed by atoms with E-state index in [4.69, 9.17) is 9.47 Å². The van der Waals surface area contributed by atoms with Crippen LogP contribution in [0.15, 0.2) is 18.2 Å². The Bertz CT molecular complexity index is 656. The number of methoxy groups -OCH3 is 2. The van der Waals surface area contributed by atoms with E-state index in [0.29, 0.717) is 5.69 Å². The van der Waals surface area contributed by atoms with Gasteiger partial charge in [0, 0.05) is 21.3 Å². The predicted octanol–water partition coefficient (Wildman–Crippen LogP) is 0.505. The first-order valence-electron chi connectivity index (χ1n) is 6.03. The molecule has 0 saturated heterocycles. The second-order valence-electron chi connectivity index (χ2n) is 4.39. The van der Waals surface area contributed by atoms with Crippen LogP contribution in [-0.4, -0.2) is 53.6 Å². The number of nitrogens with zero attached hydrogens (tertiary/aromatic N) is 2. The number of hydrogen-bond donors (Lipinski definition) is 1. The van der Waals surface area contributed by atoms with Crippen LogP contribution in [0.1, 0.15) is 10.4 Å². The van der Waals surface area contributed by atoms with Crippen LogP contribution in [0.4, 0.5) is 11.4 Å². The van der Waals surface area contributed by atoms with Gasteiger partial charge in [-0.2, -0.15) is 8.42 Å². The number of ether oxygens (including phenoxy) is 2. The van der Waals surface area contributed by atoms with Gasteiger partial charge >= 0.3 is 16.2 Å². The van der Waals surface area contributed by atoms with Crippen LogP contribution in [0.3, 0.4) is 0 Å². The summed E-state index contributed by atoms with van der Waals surface area (Å²) in [6.45, 7) is -0.142. The Labute approximate surface area is 122 Å². The van der Waals surface area contributed by atoms with E-state index in [2.05, 4.69) is 0 Å². The number of carboxylic acids is 1. The molecule has 9 heteroatoms. The number of rotatable bonds is 5. The zero-order chi connectivity index (χ0) is 15.8. The lowest BCUT2D eigenvalue weighted by atomic mass is 10.1. The molecule has 1 heterocycles. The SMILES string of the molecule is COC(CN1c2c(C(=O)O)cccc2N(C)S1(=O)=O)OC. The summed E-state index contributed by atoms with van der Waals surface area (Å²) >= 11 is 0. The zero-order valence-electron chi connectivity index (χ0n) is 11.8. The van der Waals surface area contributed by atoms with Crippen molar-refractivity contribution < 1.29 is 27.8 Å². The van der Waals surface area contributed by atoms with Gasteiger partial charge in [-0.15, -0.1) is 0 Å². The second kappa shape index (κ2) is 5.51. The van der Waals surface area contributed by atoms with Crippen molar-refractivity contribution in [2.45, 2.75) is 6.29 Å². The summed E-state index contributed by atoms with van der Waals surface area (Å²) < 4.78 is 36.9. The molecular formula is C12H16N2O6S. The fourth-order valence-corrected chi connectivity index (χ4v) is 3.60. The molecule has 2 rings (SSSR count). The molecule has 0 amide bonds. The van der Waals surface area contributed by atoms with Crippen molar-refractivity contribution in [3.05, 3.63) is 23.8 Å². The normalized spacial score (nSPS) is 16.4. The molecule has 1 aromatic carbocycles. The fourth-order valence-electron chi connectivity index (χ4n) is 2.17. The molecule has 116 valence electrons. The molecule has 1 aliphatic rings. The zero-order valence-corrected chi connectivity index (χ0v) is 12.6. The molecule has 0 spiro atoms. The average Bonchev–Trinajstić information content (AvgIpc) is 2.64. The molecule has 0 atom stereocenters. The Morgan fingerprint density at radius 2 is 1.95 bits per heavy atom. The van der Waals surface area contributed by atoms with Gasteiger partial charge in [-0.05, 0) is 12.1 Å². The van der Waals surface area contributed by atoms with Gasteiger partial charge in [0.2, 0.25) is 0 Å². The van der Waals surface area contributed by atoms with Crippen LogP contribution in [-0.2, 0) is 19.7 Å². The number of hydrogen-bond acceptors (Lipinski definition) is 5. The van der Waals surface area contributed by atoms with Crippen LogP contribution in [0.2, 0.25) is 0 Å². The van der Waals surface area contributed by atoms with Gasteiger partial charge in [0.25, 0.3) is 0 Å². The highest BCUT2D eigenvalue weighted by Gasteiger charge is 2.41. The highest BCUT2D eigenvalue weighted by Crippen LogP contribution is 2.42. The van der Waals surface area contributed by atoms with Crippen LogP contribution in [0.5, 0.6) is 0 Å². The van der Waals surface area contributed by atoms with E-state index in [0.717, 1.165) is 8.61 Å². The Morgan fingerprint density at radius 3 is 2.48 bits per heavy atom. The summed E-state index contributed by atoms with van der Waals surface area (Å²) in [5, 5.41) is 9.27. The number of para-hydroxylation sites is 1. The van der Waals surface area contributed by atoms with Crippen LogP contribution in [0.25, 0.3) is 0 Å². The van der Waals surface area contributed by atoms with Gasteiger partial charge in [-0.25, -0.2) is 9.10 Å². The largest absolute Gasteiger partial charge is 0.478 e. The van der Waals surface area contributed by atoms with Crippen LogP contribution < -0.4 is 8.61 Å². The summed E-state index contributed by atoms with van der Waals surface area (Å²) in [5.41, 5.74) is 0.332. The van der Waals surface area contributed by atoms with Gasteiger partial charge in [0.05, 0.1) is 23.5 Å². The number of fused-ring (bicyclic) bond motifs is 1. The number of anilines is 2. The van der Waals surface area contributed by atoms with Gasteiger partial charge < -0.3 is 14.6 Å². The van der Waals surface area contributed by atoms with E-state index in [1.807, 2.05) is 0 Å². The fraction of sp³-hybridized carbons (Fsp3) is 0.417. The maximum Gasteiger partial charge on any atom is 0.337 e. The third kappa shape index (κ3) is 2.43. The van der Waals surface area contributed by atoms with Crippen LogP contribution in [0, 0.1) is 0 Å². The number of aromatic carboxylic acids is 1. The molecule has 0 fully saturated rings. The molecule has 8 nitrogen and oxygen atoms in total. The number of carboxylic acid groups (broad SMARTS) is 1. The van der Waals surface area contributed by atoms with Gasteiger partial charge in [-0.3, -0.25) is 4.31 Å². The second-order valence-corrected chi connectivity index (χ2v) is 6.27. The molecule has 0 unspecified atom stereocenters. The van der Waals surface area contributed by atoms with E-state index >= 15 is 0 Å². The summed E-state index contributed by atoms with van der Waals surface area (Å²) in [7, 11) is 0.276. The minimum absolute atomic E-state index is 0.0913. The molecule has 1 aromatic rings. The molecule has 0 radical (unpaired) electrons. The third-order valence-electron chi connectivity index (χ3n) is 3.30.